The van der Waals surface area contributed by atoms with Crippen molar-refractivity contribution in [1.29, 1.82) is 0 Å². The number of hydrogen-bond donors (Lipinski definition) is 0. The monoisotopic (exact) mass is 485 g/mol. The molecule has 0 aromatic heterocycles. The van der Waals surface area contributed by atoms with Crippen molar-refractivity contribution >= 4 is 15.0 Å². The molecule has 150 valence electrons. The Hall–Kier alpha value is 0.179. The van der Waals surface area contributed by atoms with E-state index in [9.17, 15) is 0 Å². The van der Waals surface area contributed by atoms with Gasteiger partial charge >= 0.3 is 160 Å². The molecule has 2 fully saturated rings. The molecule has 3 rings (SSSR count). The molecule has 2 aliphatic rings. The van der Waals surface area contributed by atoms with Crippen molar-refractivity contribution in [2.24, 2.45) is 0 Å². The van der Waals surface area contributed by atoms with Crippen molar-refractivity contribution < 1.29 is 21.8 Å². The van der Waals surface area contributed by atoms with E-state index in [1.165, 1.54) is 21.9 Å². The minimum atomic E-state index is 0. The first kappa shape index (κ1) is 26.2. The van der Waals surface area contributed by atoms with Gasteiger partial charge in [-0.15, -0.1) is 0 Å². The molecule has 1 aromatic carbocycles. The Labute approximate surface area is 191 Å². The van der Waals surface area contributed by atoms with Gasteiger partial charge in [0, 0.05) is 0 Å². The molecule has 1 aromatic rings. The summed E-state index contributed by atoms with van der Waals surface area (Å²) in [5, 5.41) is 1.07. The molecule has 28 heavy (non-hydrogen) atoms. The second kappa shape index (κ2) is 14.2. The summed E-state index contributed by atoms with van der Waals surface area (Å²) in [7, 11) is 6.10. The fourth-order valence-electron chi connectivity index (χ4n) is 2.89. The number of rotatable bonds is 7. The molecule has 0 unspecified atom stereocenters. The first-order valence-corrected chi connectivity index (χ1v) is 11.4. The van der Waals surface area contributed by atoms with E-state index in [1.54, 1.807) is 0 Å². The Morgan fingerprint density at radius 1 is 0.964 bits per heavy atom. The van der Waals surface area contributed by atoms with Crippen LogP contribution >= 0.6 is 0 Å². The fraction of sp³-hybridized carbons (Fsp3) is 0.333. The summed E-state index contributed by atoms with van der Waals surface area (Å²) < 4.78 is 5.77. The molecule has 2 atom stereocenters. The predicted octanol–water partition coefficient (Wildman–Crippen LogP) is 4.51. The third kappa shape index (κ3) is 8.13. The van der Waals surface area contributed by atoms with Gasteiger partial charge in [-0.1, -0.05) is 0 Å². The van der Waals surface area contributed by atoms with Crippen molar-refractivity contribution in [3.05, 3.63) is 97.5 Å². The summed E-state index contributed by atoms with van der Waals surface area (Å²) in [6.45, 7) is 4.43. The van der Waals surface area contributed by atoms with E-state index >= 15 is 0 Å². The van der Waals surface area contributed by atoms with Crippen LogP contribution < -0.4 is 0 Å². The van der Waals surface area contributed by atoms with Crippen molar-refractivity contribution in [2.75, 3.05) is 21.2 Å². The molecule has 0 N–H and O–H groups in total. The van der Waals surface area contributed by atoms with Crippen molar-refractivity contribution in [2.45, 2.75) is 31.3 Å². The molecule has 0 amide bonds. The third-order valence-electron chi connectivity index (χ3n) is 4.80. The van der Waals surface area contributed by atoms with Crippen molar-refractivity contribution in [3.63, 3.8) is 0 Å². The molecular weight excluding hydrogens is 453 g/mol. The summed E-state index contributed by atoms with van der Waals surface area (Å²) in [4.78, 5) is 3.77. The SMILES string of the molecule is CO[C@@H](C[Se][C]1[CH][CH][CH][C]1[C@@H](C)N(C)C)c1ccccc1C.[CH]1[CH][CH][CH][CH]1.[Fe+2]. The van der Waals surface area contributed by atoms with E-state index in [-0.39, 0.29) is 23.2 Å². The first-order valence-electron chi connectivity index (χ1n) is 9.34. The molecular formula is C24H31FeNOSe+2. The van der Waals surface area contributed by atoms with E-state index < -0.39 is 0 Å². The minimum Gasteiger partial charge on any atom is -0.0312 e. The van der Waals surface area contributed by atoms with Crippen LogP contribution in [0.4, 0.5) is 0 Å². The predicted molar refractivity (Wildman–Crippen MR) is 116 cm³/mol. The Morgan fingerprint density at radius 3 is 2.11 bits per heavy atom. The van der Waals surface area contributed by atoms with E-state index in [4.69, 9.17) is 4.74 Å². The van der Waals surface area contributed by atoms with Crippen molar-refractivity contribution in [3.8, 4) is 0 Å². The number of hydrogen-bond acceptors (Lipinski definition) is 2. The summed E-state index contributed by atoms with van der Waals surface area (Å²) in [6, 6.07) is 9.00. The van der Waals surface area contributed by atoms with Crippen LogP contribution in [-0.2, 0) is 21.8 Å². The Kier molecular flexibility index (Phi) is 13.3. The van der Waals surface area contributed by atoms with E-state index in [2.05, 4.69) is 76.4 Å². The van der Waals surface area contributed by atoms with Gasteiger partial charge in [0.05, 0.1) is 0 Å². The zero-order valence-corrected chi connectivity index (χ0v) is 20.2. The summed E-state index contributed by atoms with van der Waals surface area (Å²) >= 11 is 0.423. The van der Waals surface area contributed by atoms with E-state index in [1.807, 2.05) is 39.2 Å². The normalized spacial score (nSPS) is 19.8. The average Bonchev–Trinajstić information content (AvgIpc) is 3.37. The van der Waals surface area contributed by atoms with Gasteiger partial charge in [0.25, 0.3) is 0 Å². The first-order chi connectivity index (χ1) is 13.0. The summed E-state index contributed by atoms with van der Waals surface area (Å²) in [5.41, 5.74) is 2.63. The summed E-state index contributed by atoms with van der Waals surface area (Å²) in [5.74, 6) is 1.46. The average molecular weight is 484 g/mol. The topological polar surface area (TPSA) is 12.5 Å². The minimum absolute atomic E-state index is 0. The van der Waals surface area contributed by atoms with Crippen LogP contribution in [0.25, 0.3) is 0 Å². The second-order valence-corrected chi connectivity index (χ2v) is 9.07. The van der Waals surface area contributed by atoms with Crippen LogP contribution in [-0.4, -0.2) is 47.1 Å². The standard InChI is InChI=1S/C19H26NOSe.C5H5.Fe/c1-14-9-6-7-10-16(14)18(21-5)13-22-19-12-8-11-17(19)15(2)20(3)4;1-2-4-5-3-1;/h6-12,15,18H,13H2,1-5H3;1-5H;/q;;+2/t15-,18+;;/m1../s1. The maximum Gasteiger partial charge on any atom is 2.00 e. The quantitative estimate of drug-likeness (QED) is 0.529. The largest absolute Gasteiger partial charge is 2.00 e. The molecule has 2 nitrogen and oxygen atoms in total. The van der Waals surface area contributed by atoms with Gasteiger partial charge in [0.2, 0.25) is 0 Å². The fourth-order valence-corrected chi connectivity index (χ4v) is 5.46. The van der Waals surface area contributed by atoms with E-state index in [0.29, 0.717) is 21.0 Å². The van der Waals surface area contributed by atoms with Crippen LogP contribution in [0.5, 0.6) is 0 Å². The molecule has 2 aliphatic carbocycles. The molecule has 0 bridgehead atoms. The number of aryl methyl sites for hydroxylation is 1. The molecule has 2 saturated carbocycles. The Balaban J connectivity index is 0.000000567. The molecule has 0 spiro atoms. The van der Waals surface area contributed by atoms with Crippen LogP contribution in [0, 0.1) is 69.0 Å². The smallest absolute Gasteiger partial charge is 0.0312 e. The number of nitrogens with zero attached hydrogens (tertiary/aromatic N) is 1. The van der Waals surface area contributed by atoms with Crippen LogP contribution in [0.1, 0.15) is 24.2 Å². The molecule has 0 heterocycles. The van der Waals surface area contributed by atoms with Gasteiger partial charge < -0.3 is 0 Å². The van der Waals surface area contributed by atoms with Gasteiger partial charge in [0.15, 0.2) is 0 Å². The molecule has 10 radical (unpaired) electrons. The Morgan fingerprint density at radius 2 is 1.57 bits per heavy atom. The zero-order valence-electron chi connectivity index (χ0n) is 17.4. The van der Waals surface area contributed by atoms with Crippen LogP contribution in [0.3, 0.4) is 0 Å². The maximum absolute atomic E-state index is 5.77. The third-order valence-corrected chi connectivity index (χ3v) is 7.22. The molecule has 0 saturated heterocycles. The van der Waals surface area contributed by atoms with Gasteiger partial charge in [0.1, 0.15) is 0 Å². The summed E-state index contributed by atoms with van der Waals surface area (Å²) in [6.07, 6.45) is 16.9. The van der Waals surface area contributed by atoms with Crippen LogP contribution in [0.15, 0.2) is 24.3 Å². The van der Waals surface area contributed by atoms with Gasteiger partial charge in [-0.2, -0.15) is 0 Å². The number of ether oxygens (including phenoxy) is 1. The molecule has 4 heteroatoms. The zero-order chi connectivity index (χ0) is 19.6. The van der Waals surface area contributed by atoms with Crippen LogP contribution in [0.2, 0.25) is 5.32 Å². The number of methoxy groups -OCH3 is 1. The second-order valence-electron chi connectivity index (χ2n) is 6.84. The Bertz CT molecular complexity index is 527. The number of benzene rings is 1. The van der Waals surface area contributed by atoms with Gasteiger partial charge in [-0.3, -0.25) is 0 Å². The maximum atomic E-state index is 5.77. The van der Waals surface area contributed by atoms with Gasteiger partial charge in [-0.25, -0.2) is 0 Å². The van der Waals surface area contributed by atoms with Crippen molar-refractivity contribution in [1.82, 2.24) is 4.90 Å². The molecule has 0 aliphatic heterocycles. The van der Waals surface area contributed by atoms with E-state index in [0.717, 1.165) is 5.32 Å². The van der Waals surface area contributed by atoms with Gasteiger partial charge in [-0.05, 0) is 32.1 Å².